The molecule has 1 saturated heterocycles. The molecule has 2 aliphatic rings. The van der Waals surface area contributed by atoms with Gasteiger partial charge in [-0.05, 0) is 42.9 Å². The highest BCUT2D eigenvalue weighted by atomic mass is 16.1. The van der Waals surface area contributed by atoms with Gasteiger partial charge in [0.15, 0.2) is 0 Å². The van der Waals surface area contributed by atoms with E-state index < -0.39 is 0 Å². The summed E-state index contributed by atoms with van der Waals surface area (Å²) in [6, 6.07) is 0. The van der Waals surface area contributed by atoms with Gasteiger partial charge in [0, 0.05) is 13.0 Å². The van der Waals surface area contributed by atoms with Gasteiger partial charge in [-0.25, -0.2) is 0 Å². The third-order valence-electron chi connectivity index (χ3n) is 4.23. The molecule has 2 fully saturated rings. The summed E-state index contributed by atoms with van der Waals surface area (Å²) in [6.45, 7) is 5.59. The number of piperidine rings is 1. The highest BCUT2D eigenvalue weighted by Crippen LogP contribution is 2.48. The van der Waals surface area contributed by atoms with Gasteiger partial charge in [-0.2, -0.15) is 0 Å². The lowest BCUT2D eigenvalue weighted by Gasteiger charge is -2.34. The summed E-state index contributed by atoms with van der Waals surface area (Å²) < 4.78 is 0. The van der Waals surface area contributed by atoms with Crippen LogP contribution < -0.4 is 5.32 Å². The van der Waals surface area contributed by atoms with Crippen LogP contribution in [0.5, 0.6) is 0 Å². The Kier molecular flexibility index (Phi) is 2.54. The molecule has 1 amide bonds. The first kappa shape index (κ1) is 10.0. The number of hydrogen-bond donors (Lipinski definition) is 1. The summed E-state index contributed by atoms with van der Waals surface area (Å²) in [4.78, 5) is 11.1. The van der Waals surface area contributed by atoms with E-state index in [9.17, 15) is 4.79 Å². The molecule has 0 bridgehead atoms. The van der Waals surface area contributed by atoms with E-state index in [4.69, 9.17) is 0 Å². The molecule has 1 N–H and O–H groups in total. The number of rotatable bonds is 1. The molecule has 0 radical (unpaired) electrons. The van der Waals surface area contributed by atoms with Gasteiger partial charge in [-0.3, -0.25) is 4.79 Å². The molecule has 1 aliphatic carbocycles. The summed E-state index contributed by atoms with van der Waals surface area (Å²) >= 11 is 0. The molecule has 0 aromatic heterocycles. The zero-order valence-electron chi connectivity index (χ0n) is 9.31. The van der Waals surface area contributed by atoms with Crippen molar-refractivity contribution in [2.75, 3.05) is 6.54 Å². The van der Waals surface area contributed by atoms with Crippen molar-refractivity contribution < 1.29 is 4.79 Å². The molecule has 1 aliphatic heterocycles. The van der Waals surface area contributed by atoms with Crippen LogP contribution in [0.25, 0.3) is 0 Å². The Bertz CT molecular complexity index is 224. The first-order valence-electron chi connectivity index (χ1n) is 5.88. The van der Waals surface area contributed by atoms with Crippen LogP contribution >= 0.6 is 0 Å². The molecule has 1 heterocycles. The molecule has 2 heteroatoms. The average Bonchev–Trinajstić information content (AvgIpc) is 2.56. The van der Waals surface area contributed by atoms with Gasteiger partial charge in [0.25, 0.3) is 0 Å². The summed E-state index contributed by atoms with van der Waals surface area (Å²) in [7, 11) is 0. The quantitative estimate of drug-likeness (QED) is 0.683. The van der Waals surface area contributed by atoms with Crippen LogP contribution in [-0.2, 0) is 4.79 Å². The van der Waals surface area contributed by atoms with Gasteiger partial charge in [0.2, 0.25) is 5.91 Å². The highest BCUT2D eigenvalue weighted by Gasteiger charge is 2.41. The third-order valence-corrected chi connectivity index (χ3v) is 4.23. The Labute approximate surface area is 86.5 Å². The monoisotopic (exact) mass is 195 g/mol. The maximum Gasteiger partial charge on any atom is 0.220 e. The Morgan fingerprint density at radius 3 is 2.71 bits per heavy atom. The highest BCUT2D eigenvalue weighted by molar-refractivity contribution is 5.76. The van der Waals surface area contributed by atoms with Crippen LogP contribution in [0.15, 0.2) is 0 Å². The maximum absolute atomic E-state index is 11.1. The minimum Gasteiger partial charge on any atom is -0.356 e. The van der Waals surface area contributed by atoms with Crippen LogP contribution in [0.3, 0.4) is 0 Å². The fourth-order valence-corrected chi connectivity index (χ4v) is 3.05. The molecule has 2 unspecified atom stereocenters. The molecule has 2 nitrogen and oxygen atoms in total. The molecule has 80 valence electrons. The summed E-state index contributed by atoms with van der Waals surface area (Å²) in [5, 5.41) is 3.04. The fourth-order valence-electron chi connectivity index (χ4n) is 3.05. The van der Waals surface area contributed by atoms with Gasteiger partial charge < -0.3 is 5.32 Å². The zero-order valence-corrected chi connectivity index (χ0v) is 9.31. The second kappa shape index (κ2) is 3.56. The van der Waals surface area contributed by atoms with Gasteiger partial charge in [0.1, 0.15) is 0 Å². The van der Waals surface area contributed by atoms with Gasteiger partial charge in [-0.1, -0.05) is 13.8 Å². The summed E-state index contributed by atoms with van der Waals surface area (Å²) in [5.41, 5.74) is 0.475. The Hall–Kier alpha value is -0.530. The second-order valence-corrected chi connectivity index (χ2v) is 5.52. The largest absolute Gasteiger partial charge is 0.356 e. The molecular weight excluding hydrogens is 174 g/mol. The number of carbonyl (C=O) groups excluding carboxylic acids is 1. The van der Waals surface area contributed by atoms with Crippen molar-refractivity contribution >= 4 is 5.91 Å². The third kappa shape index (κ3) is 1.79. The van der Waals surface area contributed by atoms with E-state index in [0.29, 0.717) is 5.41 Å². The van der Waals surface area contributed by atoms with E-state index >= 15 is 0 Å². The minimum atomic E-state index is 0.253. The number of nitrogens with one attached hydrogen (secondary N) is 1. The lowest BCUT2D eigenvalue weighted by molar-refractivity contribution is -0.124. The van der Waals surface area contributed by atoms with Crippen molar-refractivity contribution in [2.45, 2.75) is 46.0 Å². The van der Waals surface area contributed by atoms with Crippen molar-refractivity contribution in [1.29, 1.82) is 0 Å². The lowest BCUT2D eigenvalue weighted by Crippen LogP contribution is -2.41. The molecule has 1 spiro atoms. The van der Waals surface area contributed by atoms with Crippen LogP contribution in [0.4, 0.5) is 0 Å². The first-order valence-corrected chi connectivity index (χ1v) is 5.88. The molecule has 0 aromatic rings. The van der Waals surface area contributed by atoms with E-state index in [0.717, 1.165) is 31.2 Å². The second-order valence-electron chi connectivity index (χ2n) is 5.52. The van der Waals surface area contributed by atoms with E-state index in [-0.39, 0.29) is 5.91 Å². The number of amides is 1. The van der Waals surface area contributed by atoms with Crippen LogP contribution in [0.1, 0.15) is 46.0 Å². The topological polar surface area (TPSA) is 29.1 Å². The van der Waals surface area contributed by atoms with E-state index in [2.05, 4.69) is 19.2 Å². The average molecular weight is 195 g/mol. The van der Waals surface area contributed by atoms with Crippen molar-refractivity contribution in [1.82, 2.24) is 5.32 Å². The first-order chi connectivity index (χ1) is 6.61. The smallest absolute Gasteiger partial charge is 0.220 e. The molecular formula is C12H21NO. The summed E-state index contributed by atoms with van der Waals surface area (Å²) in [5.74, 6) is 1.96. The molecule has 1 saturated carbocycles. The Balaban J connectivity index is 1.96. The van der Waals surface area contributed by atoms with E-state index in [1.807, 2.05) is 0 Å². The molecule has 0 aromatic carbocycles. The van der Waals surface area contributed by atoms with Crippen LogP contribution in [-0.4, -0.2) is 12.5 Å². The maximum atomic E-state index is 11.1. The van der Waals surface area contributed by atoms with E-state index in [1.54, 1.807) is 0 Å². The fraction of sp³-hybridized carbons (Fsp3) is 0.917. The molecule has 2 atom stereocenters. The number of carbonyl (C=O) groups is 1. The zero-order chi connectivity index (χ0) is 10.2. The van der Waals surface area contributed by atoms with Crippen molar-refractivity contribution in [3.63, 3.8) is 0 Å². The van der Waals surface area contributed by atoms with Gasteiger partial charge in [-0.15, -0.1) is 0 Å². The number of hydrogen-bond acceptors (Lipinski definition) is 1. The van der Waals surface area contributed by atoms with E-state index in [1.165, 1.54) is 19.3 Å². The van der Waals surface area contributed by atoms with Crippen molar-refractivity contribution in [3.8, 4) is 0 Å². The summed E-state index contributed by atoms with van der Waals surface area (Å²) in [6.07, 6.45) is 5.92. The van der Waals surface area contributed by atoms with Gasteiger partial charge in [0.05, 0.1) is 0 Å². The predicted molar refractivity (Wildman–Crippen MR) is 56.9 cm³/mol. The standard InChI is InChI=1S/C12H21NO/c1-9(2)10-3-5-12(7-10)6-4-11(14)13-8-12/h9-10H,3-8H2,1-2H3,(H,13,14). The Morgan fingerprint density at radius 1 is 1.43 bits per heavy atom. The Morgan fingerprint density at radius 2 is 2.21 bits per heavy atom. The van der Waals surface area contributed by atoms with Crippen LogP contribution in [0, 0.1) is 17.3 Å². The minimum absolute atomic E-state index is 0.253. The van der Waals surface area contributed by atoms with Crippen molar-refractivity contribution in [2.24, 2.45) is 17.3 Å². The molecule has 2 rings (SSSR count). The van der Waals surface area contributed by atoms with Crippen LogP contribution in [0.2, 0.25) is 0 Å². The van der Waals surface area contributed by atoms with Gasteiger partial charge >= 0.3 is 0 Å². The molecule has 14 heavy (non-hydrogen) atoms. The SMILES string of the molecule is CC(C)C1CCC2(CCC(=O)NC2)C1. The lowest BCUT2D eigenvalue weighted by atomic mass is 9.77. The van der Waals surface area contributed by atoms with Crippen molar-refractivity contribution in [3.05, 3.63) is 0 Å². The normalized spacial score (nSPS) is 37.9. The predicted octanol–water partition coefficient (Wildman–Crippen LogP) is 2.34.